The summed E-state index contributed by atoms with van der Waals surface area (Å²) in [6.45, 7) is 2.42. The Morgan fingerprint density at radius 2 is 1.73 bits per heavy atom. The highest BCUT2D eigenvalue weighted by Crippen LogP contribution is 2.34. The molecule has 33 heavy (non-hydrogen) atoms. The van der Waals surface area contributed by atoms with E-state index in [1.165, 1.54) is 18.1 Å². The Bertz CT molecular complexity index is 1150. The molecule has 0 fully saturated rings. The average Bonchev–Trinajstić information content (AvgIpc) is 2.81. The van der Waals surface area contributed by atoms with E-state index < -0.39 is 10.2 Å². The van der Waals surface area contributed by atoms with Gasteiger partial charge in [-0.1, -0.05) is 30.7 Å². The van der Waals surface area contributed by atoms with Crippen LogP contribution >= 0.6 is 23.4 Å². The van der Waals surface area contributed by atoms with Gasteiger partial charge in [-0.3, -0.25) is 4.72 Å². The van der Waals surface area contributed by atoms with Gasteiger partial charge in [-0.25, -0.2) is 19.9 Å². The fraction of sp³-hybridized carbons (Fsp3) is 0.300. The summed E-state index contributed by atoms with van der Waals surface area (Å²) in [4.78, 5) is 17.5. The van der Waals surface area contributed by atoms with E-state index in [4.69, 9.17) is 21.1 Å². The van der Waals surface area contributed by atoms with Gasteiger partial charge in [0.05, 0.1) is 5.56 Å². The van der Waals surface area contributed by atoms with Crippen molar-refractivity contribution in [2.75, 3.05) is 30.7 Å². The van der Waals surface area contributed by atoms with Gasteiger partial charge >= 0.3 is 6.01 Å². The van der Waals surface area contributed by atoms with Crippen LogP contribution in [0.3, 0.4) is 0 Å². The molecule has 0 amide bonds. The third kappa shape index (κ3) is 7.42. The molecular weight excluding hydrogens is 488 g/mol. The molecule has 1 aromatic carbocycles. The van der Waals surface area contributed by atoms with E-state index in [1.54, 1.807) is 36.7 Å². The Morgan fingerprint density at radius 1 is 1.03 bits per heavy atom. The number of hydrogen-bond donors (Lipinski definition) is 2. The Labute approximate surface area is 201 Å². The maximum atomic E-state index is 12.4. The number of thioether (sulfide) groups is 1. The molecule has 2 N–H and O–H groups in total. The quantitative estimate of drug-likeness (QED) is 0.278. The van der Waals surface area contributed by atoms with Crippen LogP contribution < -0.4 is 18.9 Å². The Kier molecular flexibility index (Phi) is 9.06. The number of hydrogen-bond acceptors (Lipinski definition) is 9. The van der Waals surface area contributed by atoms with E-state index in [-0.39, 0.29) is 37.5 Å². The van der Waals surface area contributed by atoms with Gasteiger partial charge < -0.3 is 9.47 Å². The number of halogens is 1. The van der Waals surface area contributed by atoms with Crippen LogP contribution in [0.4, 0.5) is 5.82 Å². The van der Waals surface area contributed by atoms with E-state index in [9.17, 15) is 8.42 Å². The number of nitrogens with one attached hydrogen (secondary N) is 2. The maximum Gasteiger partial charge on any atom is 0.316 e. The molecule has 3 rings (SSSR count). The molecule has 0 bridgehead atoms. The van der Waals surface area contributed by atoms with E-state index in [0.717, 1.165) is 4.90 Å². The van der Waals surface area contributed by atoms with Crippen molar-refractivity contribution in [2.24, 2.45) is 0 Å². The van der Waals surface area contributed by atoms with E-state index in [2.05, 4.69) is 29.4 Å². The third-order valence-electron chi connectivity index (χ3n) is 4.11. The predicted molar refractivity (Wildman–Crippen MR) is 128 cm³/mol. The smallest absolute Gasteiger partial charge is 0.316 e. The lowest BCUT2D eigenvalue weighted by Gasteiger charge is -2.15. The molecule has 13 heteroatoms. The van der Waals surface area contributed by atoms with Crippen molar-refractivity contribution in [3.8, 4) is 23.0 Å². The first-order valence-corrected chi connectivity index (χ1v) is 13.0. The predicted octanol–water partition coefficient (Wildman–Crippen LogP) is 3.42. The van der Waals surface area contributed by atoms with Gasteiger partial charge in [0, 0.05) is 28.9 Å². The lowest BCUT2D eigenvalue weighted by Crippen LogP contribution is -2.31. The van der Waals surface area contributed by atoms with Crippen LogP contribution in [0.2, 0.25) is 5.02 Å². The van der Waals surface area contributed by atoms with Gasteiger partial charge in [0.15, 0.2) is 5.82 Å². The molecule has 0 aliphatic rings. The van der Waals surface area contributed by atoms with Crippen molar-refractivity contribution in [1.29, 1.82) is 0 Å². The molecule has 0 spiro atoms. The number of aromatic nitrogens is 4. The maximum absolute atomic E-state index is 12.4. The van der Waals surface area contributed by atoms with E-state index in [1.807, 2.05) is 13.2 Å². The molecule has 0 atom stereocenters. The second-order valence-corrected chi connectivity index (χ2v) is 9.33. The summed E-state index contributed by atoms with van der Waals surface area (Å²) >= 11 is 7.54. The topological polar surface area (TPSA) is 128 Å². The molecule has 0 radical (unpaired) electrons. The SMILES string of the molecule is CCCNS(=O)(=O)Nc1ncnc(OCCOc2ncc(SC)cn2)c1-c1ccc(Cl)cc1. The molecule has 10 nitrogen and oxygen atoms in total. The number of rotatable bonds is 12. The van der Waals surface area contributed by atoms with Crippen molar-refractivity contribution in [1.82, 2.24) is 24.7 Å². The van der Waals surface area contributed by atoms with Crippen LogP contribution in [0.1, 0.15) is 13.3 Å². The minimum absolute atomic E-state index is 0.0721. The first kappa shape index (κ1) is 25.0. The van der Waals surface area contributed by atoms with Gasteiger partial charge in [0.25, 0.3) is 10.2 Å². The van der Waals surface area contributed by atoms with Crippen molar-refractivity contribution in [2.45, 2.75) is 18.2 Å². The van der Waals surface area contributed by atoms with Crippen molar-refractivity contribution in [3.05, 3.63) is 48.0 Å². The molecule has 0 aliphatic carbocycles. The van der Waals surface area contributed by atoms with E-state index >= 15 is 0 Å². The molecule has 0 aliphatic heterocycles. The Balaban J connectivity index is 1.78. The zero-order valence-corrected chi connectivity index (χ0v) is 20.4. The van der Waals surface area contributed by atoms with Gasteiger partial charge in [-0.15, -0.1) is 11.8 Å². The van der Waals surface area contributed by atoms with Crippen LogP contribution in [-0.2, 0) is 10.2 Å². The highest BCUT2D eigenvalue weighted by molar-refractivity contribution is 7.98. The zero-order chi connectivity index (χ0) is 23.7. The second kappa shape index (κ2) is 12.0. The van der Waals surface area contributed by atoms with Crippen molar-refractivity contribution >= 4 is 39.4 Å². The summed E-state index contributed by atoms with van der Waals surface area (Å²) in [5.74, 6) is 0.255. The van der Waals surface area contributed by atoms with Gasteiger partial charge in [0.2, 0.25) is 5.88 Å². The fourth-order valence-electron chi connectivity index (χ4n) is 2.59. The Hall–Kier alpha value is -2.67. The highest BCUT2D eigenvalue weighted by Gasteiger charge is 2.19. The van der Waals surface area contributed by atoms with Crippen LogP contribution in [0, 0.1) is 0 Å². The van der Waals surface area contributed by atoms with E-state index in [0.29, 0.717) is 22.6 Å². The molecule has 0 saturated carbocycles. The van der Waals surface area contributed by atoms with Crippen LogP contribution in [0.5, 0.6) is 11.9 Å². The summed E-state index contributed by atoms with van der Waals surface area (Å²) in [6.07, 6.45) is 7.13. The monoisotopic (exact) mass is 510 g/mol. The van der Waals surface area contributed by atoms with Crippen LogP contribution in [-0.4, -0.2) is 54.4 Å². The fourth-order valence-corrected chi connectivity index (χ4v) is 3.98. The minimum Gasteiger partial charge on any atom is -0.473 e. The molecular formula is C20H23ClN6O4S2. The molecule has 3 aromatic rings. The summed E-state index contributed by atoms with van der Waals surface area (Å²) in [5.41, 5.74) is 0.997. The first-order chi connectivity index (χ1) is 15.9. The molecule has 2 heterocycles. The van der Waals surface area contributed by atoms with Crippen LogP contribution in [0.15, 0.2) is 47.9 Å². The number of nitrogens with zero attached hydrogens (tertiary/aromatic N) is 4. The first-order valence-electron chi connectivity index (χ1n) is 9.92. The standard InChI is InChI=1S/C20H23ClN6O4S2/c1-3-8-26-33(28,29)27-18-17(14-4-6-15(21)7-5-14)19(25-13-24-18)30-9-10-31-20-22-11-16(32-2)12-23-20/h4-7,11-13,26H,3,8-10H2,1-2H3,(H,24,25,27). The summed E-state index contributed by atoms with van der Waals surface area (Å²) in [6, 6.07) is 7.04. The summed E-state index contributed by atoms with van der Waals surface area (Å²) < 4.78 is 41.0. The third-order valence-corrected chi connectivity index (χ3v) is 6.09. The number of anilines is 1. The summed E-state index contributed by atoms with van der Waals surface area (Å²) in [5, 5.41) is 0.533. The summed E-state index contributed by atoms with van der Waals surface area (Å²) in [7, 11) is -3.83. The highest BCUT2D eigenvalue weighted by atomic mass is 35.5. The molecule has 0 unspecified atom stereocenters. The molecule has 2 aromatic heterocycles. The lowest BCUT2D eigenvalue weighted by atomic mass is 10.1. The lowest BCUT2D eigenvalue weighted by molar-refractivity contribution is 0.201. The van der Waals surface area contributed by atoms with Gasteiger partial charge in [-0.05, 0) is 30.4 Å². The van der Waals surface area contributed by atoms with Crippen molar-refractivity contribution < 1.29 is 17.9 Å². The number of benzene rings is 1. The normalized spacial score (nSPS) is 11.2. The zero-order valence-electron chi connectivity index (χ0n) is 18.0. The average molecular weight is 511 g/mol. The van der Waals surface area contributed by atoms with Crippen molar-refractivity contribution in [3.63, 3.8) is 0 Å². The molecule has 176 valence electrons. The van der Waals surface area contributed by atoms with Crippen LogP contribution in [0.25, 0.3) is 11.1 Å². The molecule has 0 saturated heterocycles. The minimum atomic E-state index is -3.83. The van der Waals surface area contributed by atoms with Gasteiger partial charge in [0.1, 0.15) is 19.5 Å². The number of ether oxygens (including phenoxy) is 2. The Morgan fingerprint density at radius 3 is 2.39 bits per heavy atom. The van der Waals surface area contributed by atoms with Gasteiger partial charge in [-0.2, -0.15) is 13.1 Å². The second-order valence-electron chi connectivity index (χ2n) is 6.51. The largest absolute Gasteiger partial charge is 0.473 e.